The Morgan fingerprint density at radius 1 is 1.18 bits per heavy atom. The van der Waals surface area contributed by atoms with Crippen molar-refractivity contribution in [1.82, 2.24) is 15.3 Å². The van der Waals surface area contributed by atoms with E-state index in [2.05, 4.69) is 15.3 Å². The lowest BCUT2D eigenvalue weighted by Crippen LogP contribution is -2.34. The first-order valence-electron chi connectivity index (χ1n) is 5.91. The van der Waals surface area contributed by atoms with Gasteiger partial charge in [0.2, 0.25) is 0 Å². The zero-order valence-corrected chi connectivity index (χ0v) is 9.45. The third-order valence-electron chi connectivity index (χ3n) is 3.09. The van der Waals surface area contributed by atoms with Crippen molar-refractivity contribution in [2.45, 2.75) is 18.9 Å². The van der Waals surface area contributed by atoms with Gasteiger partial charge in [0.25, 0.3) is 0 Å². The summed E-state index contributed by atoms with van der Waals surface area (Å²) in [5.41, 5.74) is 1.36. The zero-order valence-electron chi connectivity index (χ0n) is 9.45. The van der Waals surface area contributed by atoms with E-state index in [1.165, 1.54) is 0 Å². The second-order valence-electron chi connectivity index (χ2n) is 4.33. The minimum absolute atomic E-state index is 0.193. The van der Waals surface area contributed by atoms with Gasteiger partial charge in [0.05, 0.1) is 5.52 Å². The predicted octanol–water partition coefficient (Wildman–Crippen LogP) is 0.987. The molecule has 0 saturated carbocycles. The highest BCUT2D eigenvalue weighted by atomic mass is 16.5. The Balaban J connectivity index is 1.91. The number of para-hydroxylation sites is 1. The highest BCUT2D eigenvalue weighted by Gasteiger charge is 2.16. The second-order valence-corrected chi connectivity index (χ2v) is 4.33. The van der Waals surface area contributed by atoms with Crippen molar-refractivity contribution in [3.05, 3.63) is 28.7 Å². The Kier molecular flexibility index (Phi) is 2.60. The third kappa shape index (κ3) is 2.06. The van der Waals surface area contributed by atoms with Gasteiger partial charge in [-0.05, 0) is 38.1 Å². The molecule has 90 valence electrons. The molecule has 2 heterocycles. The molecule has 1 aromatic heterocycles. The fourth-order valence-electron chi connectivity index (χ4n) is 2.22. The molecule has 1 fully saturated rings. The number of hydrogen-bond acceptors (Lipinski definition) is 3. The summed E-state index contributed by atoms with van der Waals surface area (Å²) in [6, 6.07) is 5.65. The van der Waals surface area contributed by atoms with E-state index in [0.29, 0.717) is 0 Å². The molecule has 1 aromatic carbocycles. The minimum atomic E-state index is -0.193. The normalized spacial score (nSPS) is 17.4. The standard InChI is InChI=1S/C12H15N3O2/c16-12-14-9-2-1-3-10(11(9)15-12)17-8-4-6-13-7-5-8/h1-3,8,13H,4-7H2,(H2,14,15,16). The third-order valence-corrected chi connectivity index (χ3v) is 3.09. The SMILES string of the molecule is O=c1[nH]c2cccc(OC3CCNCC3)c2[nH]1. The molecular formula is C12H15N3O2. The van der Waals surface area contributed by atoms with E-state index < -0.39 is 0 Å². The van der Waals surface area contributed by atoms with Crippen molar-refractivity contribution in [2.24, 2.45) is 0 Å². The summed E-state index contributed by atoms with van der Waals surface area (Å²) < 4.78 is 5.95. The van der Waals surface area contributed by atoms with E-state index in [4.69, 9.17) is 4.74 Å². The Labute approximate surface area is 98.2 Å². The maximum absolute atomic E-state index is 11.3. The average molecular weight is 233 g/mol. The molecule has 5 nitrogen and oxygen atoms in total. The molecule has 5 heteroatoms. The molecule has 2 aromatic rings. The fourth-order valence-corrected chi connectivity index (χ4v) is 2.22. The van der Waals surface area contributed by atoms with Crippen LogP contribution in [0.5, 0.6) is 5.75 Å². The molecule has 0 spiro atoms. The summed E-state index contributed by atoms with van der Waals surface area (Å²) in [7, 11) is 0. The van der Waals surface area contributed by atoms with E-state index in [9.17, 15) is 4.79 Å². The van der Waals surface area contributed by atoms with Crippen LogP contribution in [0.25, 0.3) is 11.0 Å². The summed E-state index contributed by atoms with van der Waals surface area (Å²) >= 11 is 0. The molecule has 0 unspecified atom stereocenters. The van der Waals surface area contributed by atoms with E-state index in [1.807, 2.05) is 18.2 Å². The van der Waals surface area contributed by atoms with E-state index in [0.717, 1.165) is 42.7 Å². The molecule has 1 aliphatic heterocycles. The van der Waals surface area contributed by atoms with Crippen LogP contribution < -0.4 is 15.7 Å². The van der Waals surface area contributed by atoms with Crippen molar-refractivity contribution >= 4 is 11.0 Å². The van der Waals surface area contributed by atoms with Crippen LogP contribution in [0.15, 0.2) is 23.0 Å². The van der Waals surface area contributed by atoms with Crippen LogP contribution in [-0.4, -0.2) is 29.2 Å². The highest BCUT2D eigenvalue weighted by molar-refractivity contribution is 5.81. The molecule has 3 N–H and O–H groups in total. The lowest BCUT2D eigenvalue weighted by Gasteiger charge is -2.23. The molecule has 1 saturated heterocycles. The smallest absolute Gasteiger partial charge is 0.323 e. The Morgan fingerprint density at radius 2 is 2.00 bits per heavy atom. The maximum atomic E-state index is 11.3. The van der Waals surface area contributed by atoms with Crippen LogP contribution in [0.3, 0.4) is 0 Å². The number of aromatic amines is 2. The number of piperidine rings is 1. The topological polar surface area (TPSA) is 69.9 Å². The second kappa shape index (κ2) is 4.25. The minimum Gasteiger partial charge on any atom is -0.488 e. The quantitative estimate of drug-likeness (QED) is 0.724. The molecule has 0 bridgehead atoms. The number of hydrogen-bond donors (Lipinski definition) is 3. The molecule has 17 heavy (non-hydrogen) atoms. The van der Waals surface area contributed by atoms with Gasteiger partial charge in [0, 0.05) is 0 Å². The van der Waals surface area contributed by atoms with Gasteiger partial charge >= 0.3 is 5.69 Å². The first kappa shape index (κ1) is 10.4. The lowest BCUT2D eigenvalue weighted by atomic mass is 10.1. The molecule has 0 atom stereocenters. The summed E-state index contributed by atoms with van der Waals surface area (Å²) in [4.78, 5) is 16.8. The lowest BCUT2D eigenvalue weighted by molar-refractivity contribution is 0.164. The summed E-state index contributed by atoms with van der Waals surface area (Å²) in [5, 5.41) is 3.30. The van der Waals surface area contributed by atoms with Crippen LogP contribution in [0, 0.1) is 0 Å². The number of ether oxygens (including phenoxy) is 1. The van der Waals surface area contributed by atoms with Crippen LogP contribution in [0.2, 0.25) is 0 Å². The Bertz CT molecular complexity index is 566. The Morgan fingerprint density at radius 3 is 2.82 bits per heavy atom. The van der Waals surface area contributed by atoms with E-state index in [1.54, 1.807) is 0 Å². The van der Waals surface area contributed by atoms with Gasteiger partial charge in [-0.25, -0.2) is 4.79 Å². The monoisotopic (exact) mass is 233 g/mol. The molecule has 0 radical (unpaired) electrons. The van der Waals surface area contributed by atoms with Crippen LogP contribution in [0.4, 0.5) is 0 Å². The molecule has 3 rings (SSSR count). The number of benzene rings is 1. The van der Waals surface area contributed by atoms with Gasteiger partial charge < -0.3 is 20.0 Å². The van der Waals surface area contributed by atoms with Gasteiger partial charge in [-0.2, -0.15) is 0 Å². The van der Waals surface area contributed by atoms with Gasteiger partial charge in [-0.3, -0.25) is 0 Å². The van der Waals surface area contributed by atoms with E-state index >= 15 is 0 Å². The molecule has 0 amide bonds. The summed E-state index contributed by atoms with van der Waals surface area (Å²) in [6.07, 6.45) is 2.25. The Hall–Kier alpha value is -1.75. The number of fused-ring (bicyclic) bond motifs is 1. The van der Waals surface area contributed by atoms with Gasteiger partial charge in [0.15, 0.2) is 0 Å². The first-order chi connectivity index (χ1) is 8.33. The van der Waals surface area contributed by atoms with Crippen molar-refractivity contribution in [3.8, 4) is 5.75 Å². The van der Waals surface area contributed by atoms with Crippen LogP contribution >= 0.6 is 0 Å². The van der Waals surface area contributed by atoms with Crippen LogP contribution in [0.1, 0.15) is 12.8 Å². The number of aromatic nitrogens is 2. The first-order valence-corrected chi connectivity index (χ1v) is 5.91. The van der Waals surface area contributed by atoms with Crippen LogP contribution in [-0.2, 0) is 0 Å². The van der Waals surface area contributed by atoms with Gasteiger partial charge in [-0.15, -0.1) is 0 Å². The van der Waals surface area contributed by atoms with Crippen molar-refractivity contribution in [1.29, 1.82) is 0 Å². The number of H-pyrrole nitrogens is 2. The molecule has 0 aliphatic carbocycles. The van der Waals surface area contributed by atoms with E-state index in [-0.39, 0.29) is 11.8 Å². The summed E-state index contributed by atoms with van der Waals surface area (Å²) in [6.45, 7) is 1.98. The highest BCUT2D eigenvalue weighted by Crippen LogP contribution is 2.23. The number of nitrogens with one attached hydrogen (secondary N) is 3. The van der Waals surface area contributed by atoms with Crippen molar-refractivity contribution in [2.75, 3.05) is 13.1 Å². The zero-order chi connectivity index (χ0) is 11.7. The molecular weight excluding hydrogens is 218 g/mol. The van der Waals surface area contributed by atoms with Gasteiger partial charge in [-0.1, -0.05) is 6.07 Å². The number of imidazole rings is 1. The average Bonchev–Trinajstić information content (AvgIpc) is 2.72. The largest absolute Gasteiger partial charge is 0.488 e. The van der Waals surface area contributed by atoms with Crippen molar-refractivity contribution < 1.29 is 4.74 Å². The number of rotatable bonds is 2. The fraction of sp³-hybridized carbons (Fsp3) is 0.417. The van der Waals surface area contributed by atoms with Gasteiger partial charge in [0.1, 0.15) is 17.4 Å². The maximum Gasteiger partial charge on any atom is 0.323 e. The predicted molar refractivity (Wildman–Crippen MR) is 65.4 cm³/mol. The van der Waals surface area contributed by atoms with Crippen molar-refractivity contribution in [3.63, 3.8) is 0 Å². The summed E-state index contributed by atoms with van der Waals surface area (Å²) in [5.74, 6) is 0.757. The molecule has 1 aliphatic rings.